The first-order valence-corrected chi connectivity index (χ1v) is 10.5. The summed E-state index contributed by atoms with van der Waals surface area (Å²) in [7, 11) is 0. The van der Waals surface area contributed by atoms with Crippen molar-refractivity contribution in [3.8, 4) is 0 Å². The monoisotopic (exact) mass is 455 g/mol. The van der Waals surface area contributed by atoms with E-state index in [1.807, 2.05) is 60.7 Å². The molecule has 0 saturated carbocycles. The van der Waals surface area contributed by atoms with Crippen LogP contribution in [0.1, 0.15) is 31.9 Å². The van der Waals surface area contributed by atoms with Crippen LogP contribution in [0.3, 0.4) is 0 Å². The SMILES string of the molecule is C[C@H](NC(=O)[C@H](C)NC(=O)[C@@](C)(Cc1ccccc1)NC(=O)OCc1ccccc1)C(=O)O. The highest BCUT2D eigenvalue weighted by molar-refractivity contribution is 5.94. The minimum Gasteiger partial charge on any atom is -0.480 e. The molecule has 0 saturated heterocycles. The molecule has 0 heterocycles. The van der Waals surface area contributed by atoms with E-state index in [9.17, 15) is 19.2 Å². The highest BCUT2D eigenvalue weighted by atomic mass is 16.5. The molecule has 2 rings (SSSR count). The van der Waals surface area contributed by atoms with Gasteiger partial charge in [0.1, 0.15) is 24.2 Å². The minimum atomic E-state index is -1.44. The molecule has 0 radical (unpaired) electrons. The van der Waals surface area contributed by atoms with E-state index in [0.717, 1.165) is 11.1 Å². The van der Waals surface area contributed by atoms with Crippen molar-refractivity contribution in [1.82, 2.24) is 16.0 Å². The number of carboxylic acids is 1. The van der Waals surface area contributed by atoms with Crippen molar-refractivity contribution < 1.29 is 29.0 Å². The van der Waals surface area contributed by atoms with Gasteiger partial charge in [-0.3, -0.25) is 14.4 Å². The van der Waals surface area contributed by atoms with E-state index in [1.54, 1.807) is 0 Å². The molecule has 9 heteroatoms. The maximum Gasteiger partial charge on any atom is 0.408 e. The molecule has 3 amide bonds. The lowest BCUT2D eigenvalue weighted by Gasteiger charge is -2.30. The summed E-state index contributed by atoms with van der Waals surface area (Å²) >= 11 is 0. The fourth-order valence-electron chi connectivity index (χ4n) is 2.99. The number of aliphatic carboxylic acids is 1. The number of alkyl carbamates (subject to hydrolysis) is 1. The Balaban J connectivity index is 2.10. The minimum absolute atomic E-state index is 0.0294. The smallest absolute Gasteiger partial charge is 0.408 e. The Labute approximate surface area is 192 Å². The van der Waals surface area contributed by atoms with Gasteiger partial charge in [0.05, 0.1) is 0 Å². The summed E-state index contributed by atoms with van der Waals surface area (Å²) in [6.07, 6.45) is -0.649. The Morgan fingerprint density at radius 3 is 1.97 bits per heavy atom. The van der Waals surface area contributed by atoms with Crippen molar-refractivity contribution in [2.24, 2.45) is 0 Å². The normalized spacial score (nSPS) is 14.2. The number of ether oxygens (including phenoxy) is 1. The molecule has 176 valence electrons. The van der Waals surface area contributed by atoms with Crippen LogP contribution in [0.2, 0.25) is 0 Å². The zero-order valence-electron chi connectivity index (χ0n) is 18.8. The van der Waals surface area contributed by atoms with Crippen molar-refractivity contribution in [3.05, 3.63) is 71.8 Å². The van der Waals surface area contributed by atoms with Crippen molar-refractivity contribution >= 4 is 23.9 Å². The third kappa shape index (κ3) is 7.95. The maximum atomic E-state index is 13.1. The predicted molar refractivity (Wildman–Crippen MR) is 121 cm³/mol. The number of hydrogen-bond donors (Lipinski definition) is 4. The molecule has 0 fully saturated rings. The number of amides is 3. The quantitative estimate of drug-likeness (QED) is 0.433. The van der Waals surface area contributed by atoms with Gasteiger partial charge < -0.3 is 25.8 Å². The van der Waals surface area contributed by atoms with Gasteiger partial charge in [-0.05, 0) is 31.9 Å². The van der Waals surface area contributed by atoms with Gasteiger partial charge in [0.2, 0.25) is 11.8 Å². The van der Waals surface area contributed by atoms with E-state index in [4.69, 9.17) is 9.84 Å². The molecule has 4 N–H and O–H groups in total. The lowest BCUT2D eigenvalue weighted by Crippen LogP contribution is -2.61. The molecule has 0 aliphatic heterocycles. The first-order chi connectivity index (χ1) is 15.6. The van der Waals surface area contributed by atoms with Crippen molar-refractivity contribution in [3.63, 3.8) is 0 Å². The first kappa shape index (κ1) is 25.4. The van der Waals surface area contributed by atoms with Crippen LogP contribution in [0.5, 0.6) is 0 Å². The third-order valence-corrected chi connectivity index (χ3v) is 4.96. The van der Waals surface area contributed by atoms with Crippen molar-refractivity contribution in [2.45, 2.75) is 51.4 Å². The molecule has 0 bridgehead atoms. The topological polar surface area (TPSA) is 134 Å². The molecule has 0 spiro atoms. The highest BCUT2D eigenvalue weighted by Gasteiger charge is 2.37. The summed E-state index contributed by atoms with van der Waals surface area (Å²) in [4.78, 5) is 48.9. The molecule has 2 aromatic rings. The fourth-order valence-corrected chi connectivity index (χ4v) is 2.99. The van der Waals surface area contributed by atoms with E-state index in [1.165, 1.54) is 20.8 Å². The summed E-state index contributed by atoms with van der Waals surface area (Å²) in [5.41, 5.74) is 0.136. The average molecular weight is 456 g/mol. The fraction of sp³-hybridized carbons (Fsp3) is 0.333. The number of benzene rings is 2. The number of carbonyl (C=O) groups excluding carboxylic acids is 3. The van der Waals surface area contributed by atoms with E-state index < -0.39 is 41.5 Å². The van der Waals surface area contributed by atoms with Gasteiger partial charge in [-0.1, -0.05) is 60.7 Å². The second kappa shape index (κ2) is 11.7. The molecule has 0 unspecified atom stereocenters. The van der Waals surface area contributed by atoms with Gasteiger partial charge in [0.15, 0.2) is 0 Å². The molecule has 3 atom stereocenters. The number of hydrogen-bond acceptors (Lipinski definition) is 5. The molecule has 33 heavy (non-hydrogen) atoms. The zero-order valence-corrected chi connectivity index (χ0v) is 18.8. The molecule has 0 aliphatic carbocycles. The highest BCUT2D eigenvalue weighted by Crippen LogP contribution is 2.15. The number of carboxylic acid groups (broad SMARTS) is 1. The van der Waals surface area contributed by atoms with Crippen LogP contribution in [0.25, 0.3) is 0 Å². The summed E-state index contributed by atoms with van der Waals surface area (Å²) in [5.74, 6) is -2.47. The van der Waals surface area contributed by atoms with Gasteiger partial charge in [-0.25, -0.2) is 4.79 Å². The number of nitrogens with one attached hydrogen (secondary N) is 3. The van der Waals surface area contributed by atoms with Crippen LogP contribution in [0.4, 0.5) is 4.79 Å². The Morgan fingerprint density at radius 1 is 0.879 bits per heavy atom. The average Bonchev–Trinajstić information content (AvgIpc) is 2.78. The van der Waals surface area contributed by atoms with Crippen molar-refractivity contribution in [1.29, 1.82) is 0 Å². The summed E-state index contributed by atoms with van der Waals surface area (Å²) in [6, 6.07) is 16.0. The standard InChI is InChI=1S/C24H29N3O6/c1-16(20(28)25-17(2)21(29)30)26-22(31)24(3,14-18-10-6-4-7-11-18)27-23(32)33-15-19-12-8-5-9-13-19/h4-13,16-17H,14-15H2,1-3H3,(H,25,28)(H,26,31)(H,27,32)(H,29,30)/t16-,17-,24+/m0/s1. The van der Waals surface area contributed by atoms with Gasteiger partial charge in [-0.15, -0.1) is 0 Å². The Hall–Kier alpha value is -3.88. The van der Waals surface area contributed by atoms with Gasteiger partial charge in [-0.2, -0.15) is 0 Å². The number of carbonyl (C=O) groups is 4. The summed E-state index contributed by atoms with van der Waals surface area (Å²) in [6.45, 7) is 4.31. The van der Waals surface area contributed by atoms with Crippen LogP contribution in [-0.2, 0) is 32.1 Å². The Morgan fingerprint density at radius 2 is 1.42 bits per heavy atom. The van der Waals surface area contributed by atoms with E-state index in [-0.39, 0.29) is 13.0 Å². The van der Waals surface area contributed by atoms with Crippen LogP contribution >= 0.6 is 0 Å². The van der Waals surface area contributed by atoms with Crippen LogP contribution in [0.15, 0.2) is 60.7 Å². The van der Waals surface area contributed by atoms with Gasteiger partial charge >= 0.3 is 12.1 Å². The Bertz CT molecular complexity index is 967. The van der Waals surface area contributed by atoms with Crippen LogP contribution in [-0.4, -0.2) is 46.6 Å². The van der Waals surface area contributed by atoms with E-state index in [2.05, 4.69) is 16.0 Å². The van der Waals surface area contributed by atoms with Gasteiger partial charge in [0, 0.05) is 6.42 Å². The second-order valence-corrected chi connectivity index (χ2v) is 7.94. The number of rotatable bonds is 10. The van der Waals surface area contributed by atoms with Crippen LogP contribution < -0.4 is 16.0 Å². The lowest BCUT2D eigenvalue weighted by molar-refractivity contribution is -0.141. The Kier molecular flexibility index (Phi) is 8.97. The first-order valence-electron chi connectivity index (χ1n) is 10.5. The van der Waals surface area contributed by atoms with Crippen molar-refractivity contribution in [2.75, 3.05) is 0 Å². The van der Waals surface area contributed by atoms with E-state index >= 15 is 0 Å². The zero-order chi connectivity index (χ0) is 24.4. The third-order valence-electron chi connectivity index (χ3n) is 4.96. The molecule has 0 aliphatic rings. The summed E-state index contributed by atoms with van der Waals surface area (Å²) < 4.78 is 5.27. The largest absolute Gasteiger partial charge is 0.480 e. The van der Waals surface area contributed by atoms with Gasteiger partial charge in [0.25, 0.3) is 0 Å². The molecular weight excluding hydrogens is 426 g/mol. The molecular formula is C24H29N3O6. The second-order valence-electron chi connectivity index (χ2n) is 7.94. The lowest BCUT2D eigenvalue weighted by atomic mass is 9.91. The maximum absolute atomic E-state index is 13.1. The molecule has 9 nitrogen and oxygen atoms in total. The van der Waals surface area contributed by atoms with E-state index in [0.29, 0.717) is 0 Å². The molecule has 2 aromatic carbocycles. The summed E-state index contributed by atoms with van der Waals surface area (Å²) in [5, 5.41) is 16.4. The molecule has 0 aromatic heterocycles. The van der Waals surface area contributed by atoms with Crippen LogP contribution in [0, 0.1) is 0 Å². The predicted octanol–water partition coefficient (Wildman–Crippen LogP) is 2.01.